The lowest BCUT2D eigenvalue weighted by Crippen LogP contribution is -2.67. The van der Waals surface area contributed by atoms with Crippen LogP contribution >= 0.6 is 0 Å². The van der Waals surface area contributed by atoms with Gasteiger partial charge < -0.3 is 13.9 Å². The van der Waals surface area contributed by atoms with Crippen LogP contribution in [0.15, 0.2) is 72.8 Å². The number of carbonyl (C=O) groups excluding carboxylic acids is 3. The Bertz CT molecular complexity index is 1220. The monoisotopic (exact) mass is 606 g/mol. The molecule has 1 saturated carbocycles. The Morgan fingerprint density at radius 1 is 0.953 bits per heavy atom. The average Bonchev–Trinajstić information content (AvgIpc) is 3.26. The van der Waals surface area contributed by atoms with Crippen LogP contribution in [-0.2, 0) is 28.3 Å². The molecule has 0 unspecified atom stereocenters. The zero-order valence-corrected chi connectivity index (χ0v) is 28.3. The lowest BCUT2D eigenvalue weighted by Gasteiger charge is -2.45. The molecule has 0 N–H and O–H groups in total. The predicted molar refractivity (Wildman–Crippen MR) is 174 cm³/mol. The van der Waals surface area contributed by atoms with E-state index in [1.807, 2.05) is 12.1 Å². The van der Waals surface area contributed by atoms with E-state index in [0.29, 0.717) is 13.0 Å². The van der Waals surface area contributed by atoms with Gasteiger partial charge in [0.2, 0.25) is 0 Å². The van der Waals surface area contributed by atoms with Gasteiger partial charge in [0.1, 0.15) is 18.1 Å². The van der Waals surface area contributed by atoms with Crippen molar-refractivity contribution in [2.45, 2.75) is 104 Å². The van der Waals surface area contributed by atoms with Gasteiger partial charge in [0, 0.05) is 13.5 Å². The van der Waals surface area contributed by atoms with Crippen LogP contribution < -0.4 is 10.4 Å². The van der Waals surface area contributed by atoms with Crippen molar-refractivity contribution >= 4 is 36.4 Å². The van der Waals surface area contributed by atoms with Crippen molar-refractivity contribution in [3.05, 3.63) is 72.8 Å². The Morgan fingerprint density at radius 3 is 2.00 bits per heavy atom. The molecule has 3 rings (SSSR count). The van der Waals surface area contributed by atoms with Gasteiger partial charge in [0.15, 0.2) is 5.78 Å². The molecule has 0 heterocycles. The van der Waals surface area contributed by atoms with E-state index in [9.17, 15) is 14.4 Å². The van der Waals surface area contributed by atoms with Crippen molar-refractivity contribution < 1.29 is 28.3 Å². The van der Waals surface area contributed by atoms with Crippen LogP contribution in [0.3, 0.4) is 0 Å². The highest BCUT2D eigenvalue weighted by molar-refractivity contribution is 6.99. The number of hydrogen-bond acceptors (Lipinski definition) is 6. The molecule has 1 aliphatic rings. The Kier molecular flexibility index (Phi) is 11.4. The normalized spacial score (nSPS) is 20.1. The van der Waals surface area contributed by atoms with E-state index in [2.05, 4.69) is 76.2 Å². The fourth-order valence-corrected chi connectivity index (χ4v) is 11.1. The van der Waals surface area contributed by atoms with Crippen LogP contribution in [0.2, 0.25) is 5.04 Å². The second kappa shape index (κ2) is 14.2. The topological polar surface area (TPSA) is 78.9 Å². The molecule has 0 bridgehead atoms. The minimum atomic E-state index is -2.70. The molecule has 3 atom stereocenters. The molecule has 0 saturated heterocycles. The molecule has 1 aliphatic carbocycles. The van der Waals surface area contributed by atoms with Crippen LogP contribution in [-0.4, -0.2) is 44.4 Å². The van der Waals surface area contributed by atoms with Gasteiger partial charge in [0.05, 0.1) is 0 Å². The van der Waals surface area contributed by atoms with Gasteiger partial charge in [-0.1, -0.05) is 94.8 Å². The minimum absolute atomic E-state index is 0.123. The fourth-order valence-electron chi connectivity index (χ4n) is 6.46. The summed E-state index contributed by atoms with van der Waals surface area (Å²) in [4.78, 5) is 36.7. The third kappa shape index (κ3) is 9.23. The van der Waals surface area contributed by atoms with Crippen molar-refractivity contribution in [1.82, 2.24) is 0 Å². The number of benzene rings is 2. The van der Waals surface area contributed by atoms with Gasteiger partial charge in [-0.15, -0.1) is 0 Å². The van der Waals surface area contributed by atoms with E-state index in [4.69, 9.17) is 13.9 Å². The number of hydrogen-bond donors (Lipinski definition) is 0. The first-order valence-electron chi connectivity index (χ1n) is 15.4. The van der Waals surface area contributed by atoms with Crippen LogP contribution in [0.4, 0.5) is 0 Å². The summed E-state index contributed by atoms with van der Waals surface area (Å²) in [5.41, 5.74) is -0.825. The van der Waals surface area contributed by atoms with E-state index in [1.165, 1.54) is 23.4 Å². The van der Waals surface area contributed by atoms with Crippen LogP contribution in [0.25, 0.3) is 0 Å². The van der Waals surface area contributed by atoms with Gasteiger partial charge in [-0.2, -0.15) is 0 Å². The number of ketones is 1. The number of rotatable bonds is 12. The molecular formula is C36H50O6Si. The first-order valence-corrected chi connectivity index (χ1v) is 17.3. The zero-order chi connectivity index (χ0) is 31.9. The van der Waals surface area contributed by atoms with Crippen molar-refractivity contribution in [2.24, 2.45) is 11.3 Å². The number of esters is 2. The molecule has 2 aromatic carbocycles. The Labute approximate surface area is 259 Å². The van der Waals surface area contributed by atoms with E-state index < -0.39 is 32.0 Å². The van der Waals surface area contributed by atoms with Crippen molar-refractivity contribution in [3.63, 3.8) is 0 Å². The second-order valence-corrected chi connectivity index (χ2v) is 18.5. The lowest BCUT2D eigenvalue weighted by atomic mass is 9.75. The molecule has 0 radical (unpaired) electrons. The third-order valence-electron chi connectivity index (χ3n) is 8.42. The van der Waals surface area contributed by atoms with Gasteiger partial charge in [0.25, 0.3) is 8.32 Å². The summed E-state index contributed by atoms with van der Waals surface area (Å²) in [7, 11) is -2.70. The maximum absolute atomic E-state index is 12.5. The smallest absolute Gasteiger partial charge is 0.314 e. The summed E-state index contributed by atoms with van der Waals surface area (Å²) in [6.45, 7) is 16.3. The highest BCUT2D eigenvalue weighted by Crippen LogP contribution is 2.48. The molecule has 43 heavy (non-hydrogen) atoms. The Hall–Kier alpha value is -3.03. The van der Waals surface area contributed by atoms with E-state index in [-0.39, 0.29) is 28.6 Å². The van der Waals surface area contributed by atoms with Crippen molar-refractivity contribution in [1.29, 1.82) is 0 Å². The largest absolute Gasteiger partial charge is 0.460 e. The number of ether oxygens (including phenoxy) is 2. The van der Waals surface area contributed by atoms with Gasteiger partial charge in [-0.25, -0.2) is 0 Å². The maximum atomic E-state index is 12.5. The molecule has 7 heteroatoms. The fraction of sp³-hybridized carbons (Fsp3) is 0.528. The molecule has 6 nitrogen and oxygen atoms in total. The molecule has 0 aliphatic heterocycles. The third-order valence-corrected chi connectivity index (χ3v) is 13.4. The molecule has 1 fully saturated rings. The highest BCUT2D eigenvalue weighted by Gasteiger charge is 2.51. The summed E-state index contributed by atoms with van der Waals surface area (Å²) in [6, 6.07) is 21.3. The predicted octanol–water partition coefficient (Wildman–Crippen LogP) is 6.55. The summed E-state index contributed by atoms with van der Waals surface area (Å²) in [5.74, 6) is -1.11. The van der Waals surface area contributed by atoms with Crippen LogP contribution in [0.1, 0.15) is 87.5 Å². The Balaban J connectivity index is 1.84. The summed E-state index contributed by atoms with van der Waals surface area (Å²) in [6.07, 6.45) is 5.64. The molecule has 0 aromatic heterocycles. The van der Waals surface area contributed by atoms with Crippen LogP contribution in [0, 0.1) is 11.3 Å². The second-order valence-electron chi connectivity index (χ2n) is 14.2. The van der Waals surface area contributed by atoms with Gasteiger partial charge in [-0.3, -0.25) is 14.4 Å². The van der Waals surface area contributed by atoms with Crippen molar-refractivity contribution in [2.75, 3.05) is 6.61 Å². The Morgan fingerprint density at radius 2 is 1.51 bits per heavy atom. The summed E-state index contributed by atoms with van der Waals surface area (Å²) < 4.78 is 18.2. The quantitative estimate of drug-likeness (QED) is 0.118. The van der Waals surface area contributed by atoms with E-state index in [0.717, 1.165) is 19.3 Å². The zero-order valence-electron chi connectivity index (χ0n) is 27.3. The standard InChI is InChI=1S/C36H50O6Si/c1-27(37)41-30(22-21-29(38)24-33(39)42-34(2,3)4)25-36(8)23-15-16-28(36)26-40-43(35(5,6)7,31-17-11-9-12-18-31)32-19-13-10-14-20-32/h9-14,17-22,28,30H,15-16,23-26H2,1-8H3/b22-21+/t28-,30+,36-/m1/s1. The molecule has 2 aromatic rings. The molecule has 234 valence electrons. The number of allylic oxidation sites excluding steroid dienone is 1. The maximum Gasteiger partial charge on any atom is 0.314 e. The molecule has 0 spiro atoms. The summed E-state index contributed by atoms with van der Waals surface area (Å²) >= 11 is 0. The minimum Gasteiger partial charge on any atom is -0.460 e. The van der Waals surface area contributed by atoms with Crippen molar-refractivity contribution in [3.8, 4) is 0 Å². The van der Waals surface area contributed by atoms with E-state index in [1.54, 1.807) is 26.8 Å². The highest BCUT2D eigenvalue weighted by atomic mass is 28.4. The molecular weight excluding hydrogens is 556 g/mol. The van der Waals surface area contributed by atoms with Crippen LogP contribution in [0.5, 0.6) is 0 Å². The van der Waals surface area contributed by atoms with E-state index >= 15 is 0 Å². The number of carbonyl (C=O) groups is 3. The average molecular weight is 607 g/mol. The first kappa shape index (κ1) is 34.5. The van der Waals surface area contributed by atoms with Gasteiger partial charge >= 0.3 is 11.9 Å². The SMILES string of the molecule is CC(=O)O[C@@H](/C=C/C(=O)CC(=O)OC(C)(C)C)C[C@@]1(C)CCC[C@@H]1CO[Si](c1ccccc1)(c1ccccc1)C(C)(C)C. The first-order chi connectivity index (χ1) is 20.1. The van der Waals surface area contributed by atoms with Gasteiger partial charge in [-0.05, 0) is 78.9 Å². The lowest BCUT2D eigenvalue weighted by molar-refractivity contribution is -0.155. The summed E-state index contributed by atoms with van der Waals surface area (Å²) in [5, 5.41) is 2.37. The molecule has 0 amide bonds.